The van der Waals surface area contributed by atoms with Gasteiger partial charge in [0.1, 0.15) is 5.76 Å². The third kappa shape index (κ3) is 5.02. The predicted molar refractivity (Wildman–Crippen MR) is 89.0 cm³/mol. The van der Waals surface area contributed by atoms with Gasteiger partial charge in [-0.2, -0.15) is 13.2 Å². The molecule has 2 amide bonds. The minimum atomic E-state index is -4.61. The zero-order chi connectivity index (χ0) is 19.3. The minimum Gasteiger partial charge on any atom is -0.456 e. The highest BCUT2D eigenvalue weighted by atomic mass is 19.4. The van der Waals surface area contributed by atoms with Gasteiger partial charge in [-0.1, -0.05) is 19.8 Å². The van der Waals surface area contributed by atoms with Gasteiger partial charge in [0.05, 0.1) is 0 Å². The molecule has 2 rings (SSSR count). The van der Waals surface area contributed by atoms with Gasteiger partial charge in [0.2, 0.25) is 17.6 Å². The second-order valence-electron chi connectivity index (χ2n) is 6.72. The Morgan fingerprint density at radius 2 is 1.73 bits per heavy atom. The van der Waals surface area contributed by atoms with E-state index in [4.69, 9.17) is 4.42 Å². The molecule has 1 aliphatic carbocycles. The van der Waals surface area contributed by atoms with Crippen molar-refractivity contribution in [1.29, 1.82) is 0 Å². The highest BCUT2D eigenvalue weighted by Crippen LogP contribution is 2.34. The maximum absolute atomic E-state index is 13.0. The van der Waals surface area contributed by atoms with Crippen molar-refractivity contribution in [3.05, 3.63) is 23.2 Å². The predicted octanol–water partition coefficient (Wildman–Crippen LogP) is 3.56. The molecule has 0 unspecified atom stereocenters. The van der Waals surface area contributed by atoms with Crippen molar-refractivity contribution in [3.63, 3.8) is 0 Å². The molecule has 1 aromatic rings. The van der Waals surface area contributed by atoms with Crippen LogP contribution in [-0.4, -0.2) is 18.4 Å². The molecular formula is C18H25F3N2O3. The molecule has 0 aliphatic heterocycles. The van der Waals surface area contributed by atoms with Gasteiger partial charge in [-0.15, -0.1) is 0 Å². The zero-order valence-electron chi connectivity index (χ0n) is 15.0. The van der Waals surface area contributed by atoms with Crippen LogP contribution < -0.4 is 10.6 Å². The number of amides is 2. The molecule has 2 atom stereocenters. The summed E-state index contributed by atoms with van der Waals surface area (Å²) in [6, 6.07) is 1.27. The van der Waals surface area contributed by atoms with Crippen LogP contribution in [0.3, 0.4) is 0 Å². The molecule has 1 aromatic heterocycles. The van der Waals surface area contributed by atoms with Crippen molar-refractivity contribution in [2.24, 2.45) is 11.8 Å². The Bertz CT molecular complexity index is 640. The molecule has 0 radical (unpaired) electrons. The number of rotatable bonds is 6. The van der Waals surface area contributed by atoms with Crippen LogP contribution in [0.2, 0.25) is 0 Å². The van der Waals surface area contributed by atoms with Crippen LogP contribution in [0.25, 0.3) is 0 Å². The van der Waals surface area contributed by atoms with E-state index in [-0.39, 0.29) is 29.7 Å². The summed E-state index contributed by atoms with van der Waals surface area (Å²) in [7, 11) is 0. The summed E-state index contributed by atoms with van der Waals surface area (Å²) in [5, 5.41) is 5.37. The van der Waals surface area contributed by atoms with Crippen molar-refractivity contribution in [3.8, 4) is 0 Å². The molecular weight excluding hydrogens is 349 g/mol. The number of nitrogens with one attached hydrogen (secondary N) is 2. The van der Waals surface area contributed by atoms with Crippen LogP contribution in [0.1, 0.15) is 56.1 Å². The Balaban J connectivity index is 2.03. The van der Waals surface area contributed by atoms with Gasteiger partial charge < -0.3 is 15.1 Å². The molecule has 1 fully saturated rings. The van der Waals surface area contributed by atoms with Gasteiger partial charge in [0.25, 0.3) is 0 Å². The maximum atomic E-state index is 13.0. The maximum Gasteiger partial charge on any atom is 0.449 e. The lowest BCUT2D eigenvalue weighted by Crippen LogP contribution is -2.43. The van der Waals surface area contributed by atoms with E-state index in [1.165, 1.54) is 13.0 Å². The number of alkyl halides is 3. The van der Waals surface area contributed by atoms with E-state index < -0.39 is 23.8 Å². The van der Waals surface area contributed by atoms with E-state index in [1.54, 1.807) is 0 Å². The second kappa shape index (κ2) is 8.60. The van der Waals surface area contributed by atoms with Crippen molar-refractivity contribution in [1.82, 2.24) is 10.6 Å². The SMILES string of the molecule is CCCNC(=O)[C@@H]1CCCC[C@@H]1C(=O)NCc1cc(C)oc1C(F)(F)F. The van der Waals surface area contributed by atoms with E-state index in [0.717, 1.165) is 19.3 Å². The molecule has 2 N–H and O–H groups in total. The molecule has 146 valence electrons. The largest absolute Gasteiger partial charge is 0.456 e. The lowest BCUT2D eigenvalue weighted by molar-refractivity contribution is -0.154. The summed E-state index contributed by atoms with van der Waals surface area (Å²) in [5.41, 5.74) is -0.105. The van der Waals surface area contributed by atoms with Gasteiger partial charge >= 0.3 is 6.18 Å². The summed E-state index contributed by atoms with van der Waals surface area (Å²) in [5.74, 6) is -2.42. The molecule has 0 saturated heterocycles. The van der Waals surface area contributed by atoms with Crippen LogP contribution >= 0.6 is 0 Å². The van der Waals surface area contributed by atoms with Crippen LogP contribution in [0.4, 0.5) is 13.2 Å². The fourth-order valence-electron chi connectivity index (χ4n) is 3.39. The normalized spacial score (nSPS) is 20.7. The van der Waals surface area contributed by atoms with Crippen molar-refractivity contribution in [2.45, 2.75) is 58.7 Å². The molecule has 1 heterocycles. The van der Waals surface area contributed by atoms with Crippen LogP contribution in [-0.2, 0) is 22.3 Å². The van der Waals surface area contributed by atoms with E-state index in [0.29, 0.717) is 19.4 Å². The first-order chi connectivity index (χ1) is 12.2. The Morgan fingerprint density at radius 1 is 1.15 bits per heavy atom. The first-order valence-electron chi connectivity index (χ1n) is 8.96. The molecule has 8 heteroatoms. The fourth-order valence-corrected chi connectivity index (χ4v) is 3.39. The van der Waals surface area contributed by atoms with Crippen molar-refractivity contribution in [2.75, 3.05) is 6.54 Å². The van der Waals surface area contributed by atoms with E-state index >= 15 is 0 Å². The summed E-state index contributed by atoms with van der Waals surface area (Å²) in [6.45, 7) is 3.64. The smallest absolute Gasteiger partial charge is 0.449 e. The lowest BCUT2D eigenvalue weighted by atomic mass is 9.78. The van der Waals surface area contributed by atoms with Gasteiger partial charge in [0.15, 0.2) is 0 Å². The van der Waals surface area contributed by atoms with Gasteiger partial charge in [-0.05, 0) is 32.3 Å². The fraction of sp³-hybridized carbons (Fsp3) is 0.667. The van der Waals surface area contributed by atoms with Gasteiger partial charge in [-0.3, -0.25) is 9.59 Å². The van der Waals surface area contributed by atoms with E-state index in [9.17, 15) is 22.8 Å². The number of furan rings is 1. The molecule has 1 aliphatic rings. The van der Waals surface area contributed by atoms with Gasteiger partial charge in [0, 0.05) is 30.5 Å². The van der Waals surface area contributed by atoms with Crippen molar-refractivity contribution >= 4 is 11.8 Å². The van der Waals surface area contributed by atoms with Gasteiger partial charge in [-0.25, -0.2) is 0 Å². The lowest BCUT2D eigenvalue weighted by Gasteiger charge is -2.29. The molecule has 0 bridgehead atoms. The topological polar surface area (TPSA) is 71.3 Å². The molecule has 5 nitrogen and oxygen atoms in total. The van der Waals surface area contributed by atoms with Crippen LogP contribution in [0.15, 0.2) is 10.5 Å². The van der Waals surface area contributed by atoms with Crippen LogP contribution in [0.5, 0.6) is 0 Å². The number of carbonyl (C=O) groups is 2. The molecule has 26 heavy (non-hydrogen) atoms. The molecule has 0 aromatic carbocycles. The van der Waals surface area contributed by atoms with E-state index in [2.05, 4.69) is 10.6 Å². The number of carbonyl (C=O) groups excluding carboxylic acids is 2. The third-order valence-electron chi connectivity index (χ3n) is 4.63. The Kier molecular flexibility index (Phi) is 6.72. The average molecular weight is 374 g/mol. The summed E-state index contributed by atoms with van der Waals surface area (Å²) in [6.07, 6.45) is -0.933. The average Bonchev–Trinajstić information content (AvgIpc) is 2.98. The number of aryl methyl sites for hydroxylation is 1. The highest BCUT2D eigenvalue weighted by molar-refractivity contribution is 5.87. The summed E-state index contributed by atoms with van der Waals surface area (Å²) in [4.78, 5) is 24.8. The van der Waals surface area contributed by atoms with E-state index in [1.807, 2.05) is 6.92 Å². The number of hydrogen-bond donors (Lipinski definition) is 2. The van der Waals surface area contributed by atoms with Crippen molar-refractivity contribution < 1.29 is 27.2 Å². The Hall–Kier alpha value is -1.99. The third-order valence-corrected chi connectivity index (χ3v) is 4.63. The minimum absolute atomic E-state index is 0.105. The number of halogens is 3. The second-order valence-corrected chi connectivity index (χ2v) is 6.72. The zero-order valence-corrected chi connectivity index (χ0v) is 15.0. The molecule has 1 saturated carbocycles. The quantitative estimate of drug-likeness (QED) is 0.800. The highest BCUT2D eigenvalue weighted by Gasteiger charge is 2.39. The summed E-state index contributed by atoms with van der Waals surface area (Å²) >= 11 is 0. The standard InChI is InChI=1S/C18H25F3N2O3/c1-3-8-22-16(24)13-6-4-5-7-14(13)17(25)23-10-12-9-11(2)26-15(12)18(19,20)21/h9,13-14H,3-8,10H2,1-2H3,(H,22,24)(H,23,25)/t13-,14+/m1/s1. The summed E-state index contributed by atoms with van der Waals surface area (Å²) < 4.78 is 43.6. The molecule has 0 spiro atoms. The number of hydrogen-bond acceptors (Lipinski definition) is 3. The Morgan fingerprint density at radius 3 is 2.27 bits per heavy atom. The van der Waals surface area contributed by atoms with Crippen LogP contribution in [0, 0.1) is 18.8 Å². The monoisotopic (exact) mass is 374 g/mol. The first kappa shape index (κ1) is 20.3. The Labute approximate surface area is 150 Å². The first-order valence-corrected chi connectivity index (χ1v) is 8.96.